The highest BCUT2D eigenvalue weighted by molar-refractivity contribution is 9.10. The van der Waals surface area contributed by atoms with E-state index in [9.17, 15) is 5.26 Å². The van der Waals surface area contributed by atoms with Crippen LogP contribution in [0.1, 0.15) is 5.69 Å². The maximum Gasteiger partial charge on any atom is 0.126 e. The number of rotatable bonds is 4. The van der Waals surface area contributed by atoms with E-state index >= 15 is 0 Å². The molecule has 0 spiro atoms. The van der Waals surface area contributed by atoms with Crippen LogP contribution in [0.3, 0.4) is 0 Å². The minimum Gasteiger partial charge on any atom is -0.308 e. The van der Waals surface area contributed by atoms with Gasteiger partial charge in [0.1, 0.15) is 16.8 Å². The number of benzene rings is 1. The summed E-state index contributed by atoms with van der Waals surface area (Å²) in [5, 5.41) is 11.7. The minimum absolute atomic E-state index is 0.514. The van der Waals surface area contributed by atoms with Crippen LogP contribution in [0.2, 0.25) is 0 Å². The molecule has 4 nitrogen and oxygen atoms in total. The molecule has 0 amide bonds. The van der Waals surface area contributed by atoms with Crippen LogP contribution in [0.5, 0.6) is 0 Å². The quantitative estimate of drug-likeness (QED) is 0.378. The highest BCUT2D eigenvalue weighted by Gasteiger charge is 2.07. The highest BCUT2D eigenvalue weighted by atomic mass is 79.9. The van der Waals surface area contributed by atoms with Crippen molar-refractivity contribution in [2.24, 2.45) is 0 Å². The summed E-state index contributed by atoms with van der Waals surface area (Å²) in [4.78, 5) is 9.74. The zero-order valence-corrected chi connectivity index (χ0v) is 16.5. The van der Waals surface area contributed by atoms with Crippen LogP contribution in [0.25, 0.3) is 22.7 Å². The van der Waals surface area contributed by atoms with Crippen LogP contribution in [-0.2, 0) is 0 Å². The van der Waals surface area contributed by atoms with Gasteiger partial charge in [-0.15, -0.1) is 0 Å². The van der Waals surface area contributed by atoms with Gasteiger partial charge in [0.2, 0.25) is 0 Å². The molecule has 3 heterocycles. The summed E-state index contributed by atoms with van der Waals surface area (Å²) in [6.07, 6.45) is 7.22. The van der Waals surface area contributed by atoms with Gasteiger partial charge in [-0.05, 0) is 54.6 Å². The van der Waals surface area contributed by atoms with Crippen molar-refractivity contribution in [1.82, 2.24) is 14.5 Å². The molecule has 4 aromatic rings. The highest BCUT2D eigenvalue weighted by Crippen LogP contribution is 2.27. The number of pyridine rings is 2. The number of nitrogens with zero attached hydrogens (tertiary/aromatic N) is 4. The average Bonchev–Trinajstić information content (AvgIpc) is 3.10. The standard InChI is InChI=1S/C21H13BrN4S/c22-16-4-5-20-15(11-16)7-10-26(20)18(14-23)12-17-13-19(6-9-24-17)27-21-3-1-2-8-25-21/h1-13H. The Balaban J connectivity index is 1.68. The van der Waals surface area contributed by atoms with Gasteiger partial charge in [0, 0.05) is 33.3 Å². The summed E-state index contributed by atoms with van der Waals surface area (Å²) < 4.78 is 2.89. The van der Waals surface area contributed by atoms with Crippen molar-refractivity contribution >= 4 is 50.4 Å². The molecule has 0 aliphatic carbocycles. The first-order valence-electron chi connectivity index (χ1n) is 8.17. The molecule has 3 aromatic heterocycles. The molecule has 1 aromatic carbocycles. The Morgan fingerprint density at radius 3 is 2.81 bits per heavy atom. The predicted molar refractivity (Wildman–Crippen MR) is 112 cm³/mol. The third kappa shape index (κ3) is 3.95. The molecule has 0 aliphatic rings. The van der Waals surface area contributed by atoms with Crippen LogP contribution in [0.4, 0.5) is 0 Å². The Labute approximate surface area is 169 Å². The lowest BCUT2D eigenvalue weighted by atomic mass is 10.2. The van der Waals surface area contributed by atoms with Gasteiger partial charge in [-0.2, -0.15) is 5.26 Å². The molecule has 0 unspecified atom stereocenters. The second-order valence-electron chi connectivity index (χ2n) is 5.72. The Morgan fingerprint density at radius 2 is 2.00 bits per heavy atom. The molecule has 130 valence electrons. The van der Waals surface area contributed by atoms with Crippen LogP contribution in [-0.4, -0.2) is 14.5 Å². The lowest BCUT2D eigenvalue weighted by Gasteiger charge is -2.05. The molecule has 0 saturated heterocycles. The summed E-state index contributed by atoms with van der Waals surface area (Å²) in [5.41, 5.74) is 2.22. The van der Waals surface area contributed by atoms with Gasteiger partial charge in [0.05, 0.1) is 11.2 Å². The molecule has 0 saturated carbocycles. The predicted octanol–water partition coefficient (Wildman–Crippen LogP) is 5.87. The number of nitriles is 1. The van der Waals surface area contributed by atoms with Gasteiger partial charge in [0.25, 0.3) is 0 Å². The van der Waals surface area contributed by atoms with Crippen LogP contribution in [0.15, 0.2) is 87.6 Å². The van der Waals surface area contributed by atoms with Crippen molar-refractivity contribution in [3.63, 3.8) is 0 Å². The molecular formula is C21H13BrN4S. The zero-order chi connectivity index (χ0) is 18.6. The number of hydrogen-bond donors (Lipinski definition) is 0. The third-order valence-electron chi connectivity index (χ3n) is 3.92. The molecule has 0 atom stereocenters. The summed E-state index contributed by atoms with van der Waals surface area (Å²) in [7, 11) is 0. The maximum atomic E-state index is 9.69. The van der Waals surface area contributed by atoms with E-state index in [1.54, 1.807) is 30.2 Å². The molecule has 4 rings (SSSR count). The Kier molecular flexibility index (Phi) is 5.05. The van der Waals surface area contributed by atoms with Gasteiger partial charge in [0.15, 0.2) is 0 Å². The van der Waals surface area contributed by atoms with Crippen molar-refractivity contribution in [3.05, 3.63) is 83.4 Å². The summed E-state index contributed by atoms with van der Waals surface area (Å²) in [6, 6.07) is 20.0. The number of halogens is 1. The minimum atomic E-state index is 0.514. The average molecular weight is 433 g/mol. The fraction of sp³-hybridized carbons (Fsp3) is 0. The molecule has 27 heavy (non-hydrogen) atoms. The number of allylic oxidation sites excluding steroid dienone is 1. The molecule has 0 radical (unpaired) electrons. The second-order valence-corrected chi connectivity index (χ2v) is 7.73. The molecule has 0 N–H and O–H groups in total. The van der Waals surface area contributed by atoms with E-state index in [0.29, 0.717) is 5.70 Å². The molecular weight excluding hydrogens is 420 g/mol. The lowest BCUT2D eigenvalue weighted by molar-refractivity contribution is 1.13. The van der Waals surface area contributed by atoms with Gasteiger partial charge < -0.3 is 4.57 Å². The maximum absolute atomic E-state index is 9.69. The van der Waals surface area contributed by atoms with Gasteiger partial charge >= 0.3 is 0 Å². The molecule has 0 aliphatic heterocycles. The second kappa shape index (κ2) is 7.78. The van der Waals surface area contributed by atoms with Crippen molar-refractivity contribution in [2.75, 3.05) is 0 Å². The van der Waals surface area contributed by atoms with E-state index < -0.39 is 0 Å². The van der Waals surface area contributed by atoms with E-state index in [-0.39, 0.29) is 0 Å². The van der Waals surface area contributed by atoms with Crippen LogP contribution in [0, 0.1) is 11.3 Å². The Hall–Kier alpha value is -2.88. The van der Waals surface area contributed by atoms with Gasteiger partial charge in [-0.3, -0.25) is 4.98 Å². The monoisotopic (exact) mass is 432 g/mol. The van der Waals surface area contributed by atoms with E-state index in [1.165, 1.54) is 0 Å². The lowest BCUT2D eigenvalue weighted by Crippen LogP contribution is -1.93. The number of hydrogen-bond acceptors (Lipinski definition) is 4. The fourth-order valence-electron chi connectivity index (χ4n) is 2.72. The SMILES string of the molecule is N#CC(=Cc1cc(Sc2ccccn2)ccn1)n1ccc2cc(Br)ccc21. The third-order valence-corrected chi connectivity index (χ3v) is 5.36. The Bertz CT molecular complexity index is 1180. The summed E-state index contributed by atoms with van der Waals surface area (Å²) in [6.45, 7) is 0. The van der Waals surface area contributed by atoms with Crippen LogP contribution >= 0.6 is 27.7 Å². The van der Waals surface area contributed by atoms with Crippen LogP contribution < -0.4 is 0 Å². The first-order chi connectivity index (χ1) is 13.2. The first-order valence-corrected chi connectivity index (χ1v) is 9.77. The van der Waals surface area contributed by atoms with Crippen molar-refractivity contribution in [2.45, 2.75) is 9.92 Å². The summed E-state index contributed by atoms with van der Waals surface area (Å²) >= 11 is 5.04. The van der Waals surface area contributed by atoms with E-state index in [0.717, 1.165) is 31.0 Å². The van der Waals surface area contributed by atoms with Gasteiger partial charge in [-0.1, -0.05) is 33.8 Å². The summed E-state index contributed by atoms with van der Waals surface area (Å²) in [5.74, 6) is 0. The normalized spacial score (nSPS) is 11.5. The topological polar surface area (TPSA) is 54.5 Å². The molecule has 6 heteroatoms. The van der Waals surface area contributed by atoms with Crippen molar-refractivity contribution in [1.29, 1.82) is 5.26 Å². The van der Waals surface area contributed by atoms with E-state index in [2.05, 4.69) is 32.0 Å². The zero-order valence-electron chi connectivity index (χ0n) is 14.1. The first kappa shape index (κ1) is 17.5. The number of fused-ring (bicyclic) bond motifs is 1. The van der Waals surface area contributed by atoms with E-state index in [1.807, 2.05) is 65.4 Å². The molecule has 0 bridgehead atoms. The molecule has 0 fully saturated rings. The van der Waals surface area contributed by atoms with Crippen molar-refractivity contribution in [3.8, 4) is 6.07 Å². The van der Waals surface area contributed by atoms with E-state index in [4.69, 9.17) is 0 Å². The van der Waals surface area contributed by atoms with Crippen molar-refractivity contribution < 1.29 is 0 Å². The Morgan fingerprint density at radius 1 is 1.07 bits per heavy atom. The number of aromatic nitrogens is 3. The van der Waals surface area contributed by atoms with Gasteiger partial charge in [-0.25, -0.2) is 4.98 Å². The largest absolute Gasteiger partial charge is 0.308 e. The fourth-order valence-corrected chi connectivity index (χ4v) is 3.91. The smallest absolute Gasteiger partial charge is 0.126 e.